The highest BCUT2D eigenvalue weighted by molar-refractivity contribution is 7.16. The number of hydrogen-bond donors (Lipinski definition) is 0. The number of ether oxygens (including phenoxy) is 2. The molecule has 0 saturated carbocycles. The lowest BCUT2D eigenvalue weighted by molar-refractivity contribution is -0.119. The van der Waals surface area contributed by atoms with Crippen molar-refractivity contribution in [3.63, 3.8) is 0 Å². The molecule has 6 heteroatoms. The van der Waals surface area contributed by atoms with Crippen LogP contribution in [0.25, 0.3) is 10.2 Å². The Hall–Kier alpha value is -2.08. The van der Waals surface area contributed by atoms with Crippen molar-refractivity contribution in [1.82, 2.24) is 4.57 Å². The summed E-state index contributed by atoms with van der Waals surface area (Å²) in [6.07, 6.45) is 1.33. The first-order valence-corrected chi connectivity index (χ1v) is 7.49. The van der Waals surface area contributed by atoms with Crippen LogP contribution in [0.3, 0.4) is 0 Å². The maximum Gasteiger partial charge on any atom is 0.317 e. The molecule has 0 aliphatic carbocycles. The number of aryl methyl sites for hydroxylation is 3. The van der Waals surface area contributed by atoms with Gasteiger partial charge in [0.25, 0.3) is 0 Å². The second-order valence-corrected chi connectivity index (χ2v) is 5.93. The number of benzene rings is 1. The average Bonchev–Trinajstić information content (AvgIpc) is 2.81. The fourth-order valence-electron chi connectivity index (χ4n) is 2.26. The number of nitrogens with zero attached hydrogens (tertiary/aromatic N) is 2. The smallest absolute Gasteiger partial charge is 0.317 e. The Morgan fingerprint density at radius 1 is 1.33 bits per heavy atom. The zero-order valence-electron chi connectivity index (χ0n) is 12.2. The van der Waals surface area contributed by atoms with Crippen LogP contribution in [-0.4, -0.2) is 23.7 Å². The minimum absolute atomic E-state index is 0.159. The van der Waals surface area contributed by atoms with Gasteiger partial charge < -0.3 is 14.0 Å². The number of carbonyl (C=O) groups excluding carboxylic acids is 1. The molecule has 0 bridgehead atoms. The molecule has 0 radical (unpaired) electrons. The molecule has 1 amide bonds. The van der Waals surface area contributed by atoms with Crippen molar-refractivity contribution >= 4 is 27.5 Å². The van der Waals surface area contributed by atoms with E-state index in [-0.39, 0.29) is 5.76 Å². The molecule has 1 aromatic carbocycles. The third-order valence-corrected chi connectivity index (χ3v) is 4.64. The first-order valence-electron chi connectivity index (χ1n) is 6.67. The Labute approximate surface area is 126 Å². The van der Waals surface area contributed by atoms with Crippen LogP contribution in [0.2, 0.25) is 0 Å². The Morgan fingerprint density at radius 2 is 2.14 bits per heavy atom. The predicted molar refractivity (Wildman–Crippen MR) is 80.8 cm³/mol. The number of amides is 1. The molecule has 3 rings (SSSR count). The van der Waals surface area contributed by atoms with Crippen LogP contribution in [0, 0.1) is 13.8 Å². The second-order valence-electron chi connectivity index (χ2n) is 4.92. The van der Waals surface area contributed by atoms with E-state index in [1.807, 2.05) is 11.6 Å². The lowest BCUT2D eigenvalue weighted by Crippen LogP contribution is -2.18. The molecule has 21 heavy (non-hydrogen) atoms. The Bertz CT molecular complexity index is 814. The van der Waals surface area contributed by atoms with Crippen molar-refractivity contribution in [2.24, 2.45) is 12.0 Å². The van der Waals surface area contributed by atoms with Crippen LogP contribution in [0.4, 0.5) is 0 Å². The van der Waals surface area contributed by atoms with Crippen molar-refractivity contribution < 1.29 is 14.3 Å². The van der Waals surface area contributed by atoms with Crippen molar-refractivity contribution in [1.29, 1.82) is 0 Å². The van der Waals surface area contributed by atoms with Gasteiger partial charge in [0, 0.05) is 7.05 Å². The largest absolute Gasteiger partial charge is 0.494 e. The van der Waals surface area contributed by atoms with Crippen LogP contribution in [-0.2, 0) is 21.3 Å². The molecule has 0 saturated heterocycles. The van der Waals surface area contributed by atoms with E-state index in [0.29, 0.717) is 18.0 Å². The molecule has 0 atom stereocenters. The monoisotopic (exact) mass is 304 g/mol. The molecule has 0 unspecified atom stereocenters. The number of thiazole rings is 1. The predicted octanol–water partition coefficient (Wildman–Crippen LogP) is 2.17. The summed E-state index contributed by atoms with van der Waals surface area (Å²) < 4.78 is 13.4. The summed E-state index contributed by atoms with van der Waals surface area (Å²) in [5.41, 5.74) is 3.54. The van der Waals surface area contributed by atoms with Gasteiger partial charge in [0.2, 0.25) is 5.76 Å². The van der Waals surface area contributed by atoms with Gasteiger partial charge in [-0.1, -0.05) is 17.4 Å². The van der Waals surface area contributed by atoms with Crippen LogP contribution in [0.5, 0.6) is 0 Å². The zero-order chi connectivity index (χ0) is 15.0. The first kappa shape index (κ1) is 13.9. The standard InChI is InChI=1S/C15H16N2O3S/c1-9-4-5-12-13(10(9)2)17(3)15(21-12)16-14(18)11-8-19-6-7-20-11/h4-5,8H,6-7H2,1-3H3. The van der Waals surface area contributed by atoms with Crippen molar-refractivity contribution in [3.05, 3.63) is 40.1 Å². The molecule has 5 nitrogen and oxygen atoms in total. The molecule has 0 spiro atoms. The lowest BCUT2D eigenvalue weighted by Gasteiger charge is -2.12. The number of hydrogen-bond acceptors (Lipinski definition) is 4. The fourth-order valence-corrected chi connectivity index (χ4v) is 3.33. The van der Waals surface area contributed by atoms with Gasteiger partial charge in [-0.25, -0.2) is 0 Å². The topological polar surface area (TPSA) is 52.8 Å². The molecular weight excluding hydrogens is 288 g/mol. The summed E-state index contributed by atoms with van der Waals surface area (Å²) in [6.45, 7) is 5.00. The average molecular weight is 304 g/mol. The minimum Gasteiger partial charge on any atom is -0.494 e. The highest BCUT2D eigenvalue weighted by atomic mass is 32.1. The molecule has 0 N–H and O–H groups in total. The Kier molecular flexibility index (Phi) is 3.55. The summed E-state index contributed by atoms with van der Waals surface area (Å²) in [4.78, 5) is 16.9. The van der Waals surface area contributed by atoms with Crippen molar-refractivity contribution in [2.45, 2.75) is 13.8 Å². The van der Waals surface area contributed by atoms with Gasteiger partial charge in [0.15, 0.2) is 4.80 Å². The first-order chi connectivity index (χ1) is 10.1. The minimum atomic E-state index is -0.411. The van der Waals surface area contributed by atoms with Gasteiger partial charge in [-0.3, -0.25) is 4.79 Å². The summed E-state index contributed by atoms with van der Waals surface area (Å²) >= 11 is 1.49. The van der Waals surface area contributed by atoms with Gasteiger partial charge in [0.1, 0.15) is 19.5 Å². The van der Waals surface area contributed by atoms with E-state index >= 15 is 0 Å². The number of aromatic nitrogens is 1. The van der Waals surface area contributed by atoms with Gasteiger partial charge in [-0.2, -0.15) is 4.99 Å². The number of carbonyl (C=O) groups is 1. The van der Waals surface area contributed by atoms with Crippen LogP contribution < -0.4 is 4.80 Å². The lowest BCUT2D eigenvalue weighted by atomic mass is 10.1. The number of fused-ring (bicyclic) bond motifs is 1. The maximum atomic E-state index is 12.1. The summed E-state index contributed by atoms with van der Waals surface area (Å²) in [5.74, 6) is -0.252. The summed E-state index contributed by atoms with van der Waals surface area (Å²) in [7, 11) is 1.92. The number of rotatable bonds is 1. The molecule has 0 fully saturated rings. The van der Waals surface area contributed by atoms with E-state index in [4.69, 9.17) is 9.47 Å². The summed E-state index contributed by atoms with van der Waals surface area (Å²) in [5, 5.41) is 0. The van der Waals surface area contributed by atoms with Crippen molar-refractivity contribution in [3.8, 4) is 0 Å². The summed E-state index contributed by atoms with van der Waals surface area (Å²) in [6, 6.07) is 4.14. The van der Waals surface area contributed by atoms with E-state index < -0.39 is 5.91 Å². The van der Waals surface area contributed by atoms with Crippen LogP contribution in [0.15, 0.2) is 29.1 Å². The quantitative estimate of drug-likeness (QED) is 0.811. The molecular formula is C15H16N2O3S. The molecule has 1 aromatic heterocycles. The third kappa shape index (κ3) is 2.47. The van der Waals surface area contributed by atoms with Gasteiger partial charge in [0.05, 0.1) is 10.2 Å². The fraction of sp³-hybridized carbons (Fsp3) is 0.333. The second kappa shape index (κ2) is 5.37. The zero-order valence-corrected chi connectivity index (χ0v) is 13.0. The van der Waals surface area contributed by atoms with Crippen LogP contribution in [0.1, 0.15) is 11.1 Å². The highest BCUT2D eigenvalue weighted by Crippen LogP contribution is 2.23. The maximum absolute atomic E-state index is 12.1. The molecule has 2 heterocycles. The van der Waals surface area contributed by atoms with E-state index in [1.54, 1.807) is 0 Å². The van der Waals surface area contributed by atoms with Gasteiger partial charge in [-0.15, -0.1) is 0 Å². The third-order valence-electron chi connectivity index (χ3n) is 3.55. The molecule has 1 aliphatic heterocycles. The molecule has 1 aliphatic rings. The molecule has 2 aromatic rings. The van der Waals surface area contributed by atoms with E-state index in [1.165, 1.54) is 28.7 Å². The SMILES string of the molecule is Cc1ccc2sc(=NC(=O)C3=COCCO3)n(C)c2c1C. The van der Waals surface area contributed by atoms with Crippen LogP contribution >= 0.6 is 11.3 Å². The van der Waals surface area contributed by atoms with E-state index in [0.717, 1.165) is 10.2 Å². The molecule has 110 valence electrons. The normalized spacial score (nSPS) is 15.6. The highest BCUT2D eigenvalue weighted by Gasteiger charge is 2.15. The Morgan fingerprint density at radius 3 is 2.86 bits per heavy atom. The van der Waals surface area contributed by atoms with Gasteiger partial charge in [-0.05, 0) is 31.0 Å². The Balaban J connectivity index is 2.10. The van der Waals surface area contributed by atoms with E-state index in [9.17, 15) is 4.79 Å². The van der Waals surface area contributed by atoms with Gasteiger partial charge >= 0.3 is 5.91 Å². The van der Waals surface area contributed by atoms with E-state index in [2.05, 4.69) is 31.0 Å². The van der Waals surface area contributed by atoms with Crippen molar-refractivity contribution in [2.75, 3.05) is 13.2 Å².